The highest BCUT2D eigenvalue weighted by Gasteiger charge is 2.37. The van der Waals surface area contributed by atoms with Crippen LogP contribution in [0.3, 0.4) is 0 Å². The molecule has 1 aromatic rings. The van der Waals surface area contributed by atoms with Crippen LogP contribution in [0.25, 0.3) is 0 Å². The topological polar surface area (TPSA) is 120 Å². The summed E-state index contributed by atoms with van der Waals surface area (Å²) in [6.45, 7) is 0.698. The second-order valence-corrected chi connectivity index (χ2v) is 8.84. The molecular formula is C21H29IN2O6. The number of halogens is 1. The lowest BCUT2D eigenvalue weighted by atomic mass is 9.89. The lowest BCUT2D eigenvalue weighted by Crippen LogP contribution is -2.52. The first-order valence-corrected chi connectivity index (χ1v) is 11.2. The van der Waals surface area contributed by atoms with Crippen LogP contribution in [0.1, 0.15) is 24.8 Å². The molecule has 2 aliphatic rings. The van der Waals surface area contributed by atoms with Crippen LogP contribution in [0.2, 0.25) is 0 Å². The molecule has 8 nitrogen and oxygen atoms in total. The van der Waals surface area contributed by atoms with Crippen molar-refractivity contribution in [3.8, 4) is 11.5 Å². The van der Waals surface area contributed by atoms with E-state index in [9.17, 15) is 15.0 Å². The van der Waals surface area contributed by atoms with Crippen LogP contribution in [0, 0.1) is 9.49 Å². The van der Waals surface area contributed by atoms with Crippen molar-refractivity contribution in [2.24, 2.45) is 5.92 Å². The number of amides is 1. The Morgan fingerprint density at radius 3 is 2.70 bits per heavy atom. The van der Waals surface area contributed by atoms with Gasteiger partial charge < -0.3 is 35.4 Å². The second kappa shape index (κ2) is 10.8. The van der Waals surface area contributed by atoms with Gasteiger partial charge in [-0.3, -0.25) is 4.79 Å². The first-order valence-electron chi connectivity index (χ1n) is 10.1. The molecule has 166 valence electrons. The molecule has 3 rings (SSSR count). The molecule has 0 heterocycles. The summed E-state index contributed by atoms with van der Waals surface area (Å²) in [4.78, 5) is 12.5. The van der Waals surface area contributed by atoms with Crippen molar-refractivity contribution < 1.29 is 29.6 Å². The van der Waals surface area contributed by atoms with E-state index in [1.54, 1.807) is 18.2 Å². The Balaban J connectivity index is 1.84. The maximum absolute atomic E-state index is 12.5. The Bertz CT molecular complexity index is 783. The molecule has 2 aliphatic carbocycles. The summed E-state index contributed by atoms with van der Waals surface area (Å²) in [6.07, 6.45) is 2.78. The number of benzene rings is 1. The molecule has 5 N–H and O–H groups in total. The van der Waals surface area contributed by atoms with E-state index in [-0.39, 0.29) is 31.7 Å². The summed E-state index contributed by atoms with van der Waals surface area (Å²) in [5, 5.41) is 35.4. The van der Waals surface area contributed by atoms with Crippen LogP contribution in [-0.2, 0) is 11.4 Å². The predicted molar refractivity (Wildman–Crippen MR) is 119 cm³/mol. The largest absolute Gasteiger partial charge is 0.493 e. The van der Waals surface area contributed by atoms with Crippen LogP contribution in [0.4, 0.5) is 0 Å². The molecule has 9 heteroatoms. The van der Waals surface area contributed by atoms with Gasteiger partial charge in [-0.15, -0.1) is 0 Å². The van der Waals surface area contributed by atoms with E-state index in [1.807, 2.05) is 0 Å². The van der Waals surface area contributed by atoms with Crippen LogP contribution in [0.15, 0.2) is 23.8 Å². The number of nitrogens with one attached hydrogen (secondary N) is 2. The fraction of sp³-hybridized carbons (Fsp3) is 0.571. The molecule has 0 aliphatic heterocycles. The molecule has 0 bridgehead atoms. The molecule has 0 saturated heterocycles. The molecule has 1 aromatic carbocycles. The lowest BCUT2D eigenvalue weighted by molar-refractivity contribution is -0.118. The molecule has 3 unspecified atom stereocenters. The van der Waals surface area contributed by atoms with E-state index < -0.39 is 12.2 Å². The Morgan fingerprint density at radius 2 is 2.07 bits per heavy atom. The van der Waals surface area contributed by atoms with Gasteiger partial charge in [-0.25, -0.2) is 0 Å². The van der Waals surface area contributed by atoms with E-state index in [1.165, 1.54) is 20.0 Å². The summed E-state index contributed by atoms with van der Waals surface area (Å²) in [7, 11) is 1.51. The van der Waals surface area contributed by atoms with Crippen LogP contribution >= 0.6 is 22.6 Å². The Kier molecular flexibility index (Phi) is 8.35. The Hall–Kier alpha value is -1.40. The van der Waals surface area contributed by atoms with Crippen molar-refractivity contribution in [3.05, 3.63) is 32.9 Å². The van der Waals surface area contributed by atoms with Gasteiger partial charge in [0.2, 0.25) is 5.91 Å². The van der Waals surface area contributed by atoms with Crippen LogP contribution in [-0.4, -0.2) is 66.3 Å². The number of aliphatic hydroxyl groups is 3. The highest BCUT2D eigenvalue weighted by atomic mass is 127. The summed E-state index contributed by atoms with van der Waals surface area (Å²) in [6, 6.07) is 3.15. The second-order valence-electron chi connectivity index (χ2n) is 7.67. The highest BCUT2D eigenvalue weighted by Crippen LogP contribution is 2.36. The van der Waals surface area contributed by atoms with Gasteiger partial charge in [0.1, 0.15) is 12.2 Å². The number of rotatable bonds is 10. The predicted octanol–water partition coefficient (Wildman–Crippen LogP) is 0.707. The third kappa shape index (κ3) is 5.85. The van der Waals surface area contributed by atoms with Gasteiger partial charge >= 0.3 is 0 Å². The van der Waals surface area contributed by atoms with Crippen molar-refractivity contribution in [3.63, 3.8) is 0 Å². The smallest absolute Gasteiger partial charge is 0.247 e. The van der Waals surface area contributed by atoms with E-state index in [0.29, 0.717) is 35.0 Å². The van der Waals surface area contributed by atoms with Crippen molar-refractivity contribution >= 4 is 28.5 Å². The van der Waals surface area contributed by atoms with Gasteiger partial charge in [-0.05, 0) is 78.1 Å². The van der Waals surface area contributed by atoms with E-state index in [4.69, 9.17) is 14.6 Å². The van der Waals surface area contributed by atoms with Gasteiger partial charge in [0, 0.05) is 18.2 Å². The molecule has 0 aromatic heterocycles. The SMILES string of the molecule is COc1cc(CO)cc(I)c1OC1C=C(C(=O)NCCO)CC(NCC2CC2)C1O. The fourth-order valence-electron chi connectivity index (χ4n) is 3.45. The summed E-state index contributed by atoms with van der Waals surface area (Å²) in [5.41, 5.74) is 1.20. The third-order valence-electron chi connectivity index (χ3n) is 5.33. The third-order valence-corrected chi connectivity index (χ3v) is 6.14. The zero-order valence-electron chi connectivity index (χ0n) is 16.9. The van der Waals surface area contributed by atoms with Gasteiger partial charge in [-0.1, -0.05) is 0 Å². The number of methoxy groups -OCH3 is 1. The van der Waals surface area contributed by atoms with Gasteiger partial charge in [0.15, 0.2) is 11.5 Å². The summed E-state index contributed by atoms with van der Waals surface area (Å²) in [5.74, 6) is 1.25. The zero-order chi connectivity index (χ0) is 21.7. The average Bonchev–Trinajstić information content (AvgIpc) is 3.57. The molecule has 3 atom stereocenters. The summed E-state index contributed by atoms with van der Waals surface area (Å²) >= 11 is 2.10. The Morgan fingerprint density at radius 1 is 1.30 bits per heavy atom. The minimum absolute atomic E-state index is 0.124. The number of carbonyl (C=O) groups excluding carboxylic acids is 1. The fourth-order valence-corrected chi connectivity index (χ4v) is 4.25. The minimum Gasteiger partial charge on any atom is -0.493 e. The summed E-state index contributed by atoms with van der Waals surface area (Å²) < 4.78 is 12.3. The van der Waals surface area contributed by atoms with Crippen molar-refractivity contribution in [2.75, 3.05) is 26.8 Å². The first-order chi connectivity index (χ1) is 14.5. The molecule has 1 fully saturated rings. The van der Waals surface area contributed by atoms with Gasteiger partial charge in [-0.2, -0.15) is 0 Å². The number of aliphatic hydroxyl groups excluding tert-OH is 3. The van der Waals surface area contributed by atoms with Crippen molar-refractivity contribution in [2.45, 2.75) is 44.1 Å². The van der Waals surface area contributed by atoms with Gasteiger partial charge in [0.25, 0.3) is 0 Å². The molecular weight excluding hydrogens is 503 g/mol. The monoisotopic (exact) mass is 532 g/mol. The maximum Gasteiger partial charge on any atom is 0.247 e. The average molecular weight is 532 g/mol. The standard InChI is InChI=1S/C21H29IN2O6/c1-29-18-7-13(11-26)6-15(22)20(18)30-17-9-14(21(28)23-4-5-25)8-16(19(17)27)24-10-12-2-3-12/h6-7,9,12,16-17,19,24-27H,2-5,8,10-11H2,1H3,(H,23,28). The Labute approximate surface area is 189 Å². The molecule has 1 saturated carbocycles. The lowest BCUT2D eigenvalue weighted by Gasteiger charge is -2.34. The molecule has 0 radical (unpaired) electrons. The zero-order valence-corrected chi connectivity index (χ0v) is 19.1. The molecule has 1 amide bonds. The number of carbonyl (C=O) groups is 1. The highest BCUT2D eigenvalue weighted by molar-refractivity contribution is 14.1. The minimum atomic E-state index is -0.851. The molecule has 30 heavy (non-hydrogen) atoms. The van der Waals surface area contributed by atoms with Crippen molar-refractivity contribution in [1.29, 1.82) is 0 Å². The van der Waals surface area contributed by atoms with E-state index >= 15 is 0 Å². The van der Waals surface area contributed by atoms with E-state index in [2.05, 4.69) is 33.2 Å². The number of ether oxygens (including phenoxy) is 2. The number of hydrogen-bond acceptors (Lipinski definition) is 7. The first kappa shape index (κ1) is 23.3. The quantitative estimate of drug-likeness (QED) is 0.282. The molecule has 0 spiro atoms. The normalized spacial score (nSPS) is 23.6. The number of hydrogen-bond donors (Lipinski definition) is 5. The van der Waals surface area contributed by atoms with E-state index in [0.717, 1.165) is 10.1 Å². The van der Waals surface area contributed by atoms with Crippen LogP contribution < -0.4 is 20.1 Å². The van der Waals surface area contributed by atoms with Crippen LogP contribution in [0.5, 0.6) is 11.5 Å². The van der Waals surface area contributed by atoms with Crippen molar-refractivity contribution in [1.82, 2.24) is 10.6 Å². The maximum atomic E-state index is 12.5. The van der Waals surface area contributed by atoms with Gasteiger partial charge in [0.05, 0.1) is 23.9 Å².